The van der Waals surface area contributed by atoms with Crippen molar-refractivity contribution in [1.82, 2.24) is 15.2 Å². The average Bonchev–Trinajstić information content (AvgIpc) is 3.58. The summed E-state index contributed by atoms with van der Waals surface area (Å²) in [7, 11) is 1.57. The fourth-order valence-electron chi connectivity index (χ4n) is 7.16. The third-order valence-electron chi connectivity index (χ3n) is 9.04. The molecule has 2 N–H and O–H groups in total. The summed E-state index contributed by atoms with van der Waals surface area (Å²) in [4.78, 5) is 45.0. The second kappa shape index (κ2) is 10.5. The van der Waals surface area contributed by atoms with Crippen molar-refractivity contribution < 1.29 is 19.1 Å². The number of ether oxygens (including phenoxy) is 1. The van der Waals surface area contributed by atoms with Crippen molar-refractivity contribution in [2.75, 3.05) is 13.7 Å². The number of nitrogens with one attached hydrogen (secondary N) is 2. The largest absolute Gasteiger partial charge is 0.496 e. The number of nitriles is 1. The average molecular weight is 553 g/mol. The molecule has 0 radical (unpaired) electrons. The van der Waals surface area contributed by atoms with Crippen LogP contribution in [0.4, 0.5) is 0 Å². The molecule has 2 aromatic rings. The van der Waals surface area contributed by atoms with E-state index in [0.717, 1.165) is 32.1 Å². The number of hydrogen-bond donors (Lipinski definition) is 2. The van der Waals surface area contributed by atoms with Crippen LogP contribution in [0.1, 0.15) is 82.1 Å². The maximum atomic E-state index is 13.9. The van der Waals surface area contributed by atoms with Gasteiger partial charge in [-0.05, 0) is 61.1 Å². The van der Waals surface area contributed by atoms with Crippen LogP contribution in [0.5, 0.6) is 5.75 Å². The molecule has 1 unspecified atom stereocenters. The van der Waals surface area contributed by atoms with Gasteiger partial charge in [-0.15, -0.1) is 0 Å². The van der Waals surface area contributed by atoms with Gasteiger partial charge in [0.2, 0.25) is 5.91 Å². The van der Waals surface area contributed by atoms with Gasteiger partial charge >= 0.3 is 0 Å². The smallest absolute Gasteiger partial charge is 0.271 e. The van der Waals surface area contributed by atoms with E-state index in [1.165, 1.54) is 0 Å². The Labute approximate surface area is 234 Å². The minimum absolute atomic E-state index is 0.0844. The number of rotatable bonds is 6. The van der Waals surface area contributed by atoms with Crippen LogP contribution in [-0.4, -0.2) is 53.2 Å². The van der Waals surface area contributed by atoms with Crippen LogP contribution in [0.2, 0.25) is 5.02 Å². The number of carbonyl (C=O) groups excluding carboxylic acids is 3. The first kappa shape index (κ1) is 27.5. The topological polar surface area (TPSA) is 115 Å². The van der Waals surface area contributed by atoms with Gasteiger partial charge in [-0.3, -0.25) is 14.4 Å². The Morgan fingerprint density at radius 1 is 1.26 bits per heavy atom. The van der Waals surface area contributed by atoms with Crippen molar-refractivity contribution in [3.8, 4) is 11.8 Å². The Hall–Kier alpha value is -3.05. The van der Waals surface area contributed by atoms with Crippen LogP contribution in [-0.2, 0) is 9.59 Å². The molecular weight excluding hydrogens is 516 g/mol. The lowest BCUT2D eigenvalue weighted by molar-refractivity contribution is -0.126. The van der Waals surface area contributed by atoms with Crippen molar-refractivity contribution in [2.24, 2.45) is 16.7 Å². The van der Waals surface area contributed by atoms with Gasteiger partial charge < -0.3 is 19.9 Å². The van der Waals surface area contributed by atoms with Crippen molar-refractivity contribution in [3.05, 3.63) is 28.9 Å². The van der Waals surface area contributed by atoms with Crippen molar-refractivity contribution >= 4 is 40.1 Å². The summed E-state index contributed by atoms with van der Waals surface area (Å²) in [6.45, 7) is 4.61. The summed E-state index contributed by atoms with van der Waals surface area (Å²) >= 11 is 6.40. The quantitative estimate of drug-likeness (QED) is 0.498. The predicted molar refractivity (Wildman–Crippen MR) is 148 cm³/mol. The molecule has 1 spiro atoms. The second-order valence-electron chi connectivity index (χ2n) is 12.6. The highest BCUT2D eigenvalue weighted by molar-refractivity contribution is 6.35. The van der Waals surface area contributed by atoms with Gasteiger partial charge in [-0.2, -0.15) is 5.26 Å². The molecule has 39 heavy (non-hydrogen) atoms. The van der Waals surface area contributed by atoms with E-state index in [2.05, 4.69) is 30.2 Å². The predicted octanol–water partition coefficient (Wildman–Crippen LogP) is 5.40. The zero-order valence-corrected chi connectivity index (χ0v) is 23.7. The number of aromatic amines is 1. The summed E-state index contributed by atoms with van der Waals surface area (Å²) in [6.07, 6.45) is 7.35. The number of H-pyrrole nitrogens is 1. The lowest BCUT2D eigenvalue weighted by atomic mass is 9.72. The first-order chi connectivity index (χ1) is 18.5. The van der Waals surface area contributed by atoms with Gasteiger partial charge in [0.1, 0.15) is 29.3 Å². The normalized spacial score (nSPS) is 24.6. The number of fused-ring (bicyclic) bond motifs is 1. The maximum Gasteiger partial charge on any atom is 0.271 e. The highest BCUT2D eigenvalue weighted by atomic mass is 35.5. The first-order valence-corrected chi connectivity index (χ1v) is 14.3. The Bertz CT molecular complexity index is 1340. The van der Waals surface area contributed by atoms with Gasteiger partial charge in [-0.1, -0.05) is 44.7 Å². The molecule has 2 saturated carbocycles. The number of carbonyl (C=O) groups is 3. The second-order valence-corrected chi connectivity index (χ2v) is 13.0. The molecule has 8 nitrogen and oxygen atoms in total. The number of benzene rings is 1. The third-order valence-corrected chi connectivity index (χ3v) is 9.35. The van der Waals surface area contributed by atoms with E-state index in [1.54, 1.807) is 30.2 Å². The molecule has 2 amide bonds. The van der Waals surface area contributed by atoms with E-state index in [0.29, 0.717) is 59.6 Å². The minimum atomic E-state index is -0.781. The van der Waals surface area contributed by atoms with Gasteiger partial charge in [0.15, 0.2) is 0 Å². The van der Waals surface area contributed by atoms with Crippen molar-refractivity contribution in [1.29, 1.82) is 5.26 Å². The van der Waals surface area contributed by atoms with Crippen LogP contribution in [0.25, 0.3) is 10.9 Å². The molecule has 1 saturated heterocycles. The van der Waals surface area contributed by atoms with Crippen LogP contribution < -0.4 is 10.1 Å². The lowest BCUT2D eigenvalue weighted by Crippen LogP contribution is -2.49. The minimum Gasteiger partial charge on any atom is -0.496 e. The van der Waals surface area contributed by atoms with Gasteiger partial charge in [0.05, 0.1) is 23.7 Å². The summed E-state index contributed by atoms with van der Waals surface area (Å²) in [5.41, 5.74) is 0.766. The Kier molecular flexibility index (Phi) is 7.41. The SMILES string of the molecule is COc1ccc(Cl)c2[nH]c(C(=O)N3CC4(CCCCC4)CC3C(=O)N[C@H](C#N)C[C@@H]3CC(C)(C)CC3=O)cc12. The van der Waals surface area contributed by atoms with Crippen molar-refractivity contribution in [3.63, 3.8) is 0 Å². The zero-order chi connectivity index (χ0) is 27.9. The fraction of sp³-hybridized carbons (Fsp3) is 0.600. The Balaban J connectivity index is 1.39. The lowest BCUT2D eigenvalue weighted by Gasteiger charge is -2.32. The number of nitrogens with zero attached hydrogens (tertiary/aromatic N) is 2. The number of aromatic nitrogens is 1. The molecule has 3 atom stereocenters. The molecule has 208 valence electrons. The zero-order valence-electron chi connectivity index (χ0n) is 22.9. The number of methoxy groups -OCH3 is 1. The Morgan fingerprint density at radius 2 is 2.00 bits per heavy atom. The molecule has 3 fully saturated rings. The molecule has 3 aliphatic rings. The monoisotopic (exact) mass is 552 g/mol. The van der Waals surface area contributed by atoms with Crippen LogP contribution >= 0.6 is 11.6 Å². The summed E-state index contributed by atoms with van der Waals surface area (Å²) < 4.78 is 5.46. The van der Waals surface area contributed by atoms with E-state index in [-0.39, 0.29) is 34.3 Å². The van der Waals surface area contributed by atoms with Crippen LogP contribution in [0.3, 0.4) is 0 Å². The highest BCUT2D eigenvalue weighted by Gasteiger charge is 2.49. The van der Waals surface area contributed by atoms with Gasteiger partial charge in [0.25, 0.3) is 5.91 Å². The third kappa shape index (κ3) is 5.38. The molecule has 1 aromatic carbocycles. The standard InChI is InChI=1S/C30H37ClN4O4/c1-29(2)13-18(24(36)15-29)11-19(16-32)33-27(37)23-14-30(9-5-4-6-10-30)17-35(23)28(38)22-12-20-25(39-3)8-7-21(31)26(20)34-22/h7-8,12,18-19,23,34H,4-6,9-11,13-15,17H2,1-3H3,(H,33,37)/t18-,19+,23?/m1/s1. The molecule has 1 aromatic heterocycles. The fourth-order valence-corrected chi connectivity index (χ4v) is 7.37. The maximum absolute atomic E-state index is 13.9. The number of amides is 2. The highest BCUT2D eigenvalue weighted by Crippen LogP contribution is 2.47. The van der Waals surface area contributed by atoms with E-state index in [1.807, 2.05) is 0 Å². The molecule has 0 bridgehead atoms. The summed E-state index contributed by atoms with van der Waals surface area (Å²) in [5.74, 6) is -0.0733. The van der Waals surface area contributed by atoms with E-state index < -0.39 is 12.1 Å². The number of ketones is 1. The van der Waals surface area contributed by atoms with Crippen LogP contribution in [0, 0.1) is 28.1 Å². The number of hydrogen-bond acceptors (Lipinski definition) is 5. The Morgan fingerprint density at radius 3 is 2.64 bits per heavy atom. The molecule has 2 aliphatic carbocycles. The van der Waals surface area contributed by atoms with E-state index >= 15 is 0 Å². The molecule has 5 rings (SSSR count). The van der Waals surface area contributed by atoms with E-state index in [9.17, 15) is 19.6 Å². The number of halogens is 1. The molecule has 2 heterocycles. The van der Waals surface area contributed by atoms with Crippen molar-refractivity contribution in [2.45, 2.75) is 83.7 Å². The summed E-state index contributed by atoms with van der Waals surface area (Å²) in [6, 6.07) is 5.93. The van der Waals surface area contributed by atoms with Crippen LogP contribution in [0.15, 0.2) is 18.2 Å². The number of Topliss-reactive ketones (excluding diaryl/α,β-unsaturated/α-hetero) is 1. The first-order valence-electron chi connectivity index (χ1n) is 13.9. The van der Waals surface area contributed by atoms with Gasteiger partial charge in [0, 0.05) is 24.3 Å². The molecule has 1 aliphatic heterocycles. The van der Waals surface area contributed by atoms with Gasteiger partial charge in [-0.25, -0.2) is 0 Å². The molecule has 9 heteroatoms. The molecular formula is C30H37ClN4O4. The summed E-state index contributed by atoms with van der Waals surface area (Å²) in [5, 5.41) is 13.9. The number of likely N-dealkylation sites (tertiary alicyclic amines) is 1. The van der Waals surface area contributed by atoms with E-state index in [4.69, 9.17) is 16.3 Å².